The third-order valence-electron chi connectivity index (χ3n) is 4.56. The Balaban J connectivity index is 1.73. The first kappa shape index (κ1) is 18.8. The quantitative estimate of drug-likeness (QED) is 0.795. The van der Waals surface area contributed by atoms with Gasteiger partial charge in [0, 0.05) is 24.2 Å². The Bertz CT molecular complexity index is 908. The van der Waals surface area contributed by atoms with Gasteiger partial charge < -0.3 is 5.32 Å². The molecule has 0 unspecified atom stereocenters. The number of halogens is 1. The Kier molecular flexibility index (Phi) is 5.35. The maximum atomic E-state index is 13.7. The number of imide groups is 1. The molecule has 5 nitrogen and oxygen atoms in total. The lowest BCUT2D eigenvalue weighted by Gasteiger charge is -2.14. The molecule has 6 heteroatoms. The molecule has 0 saturated carbocycles. The number of carbonyl (C=O) groups excluding carboxylic acids is 3. The van der Waals surface area contributed by atoms with E-state index in [0.717, 1.165) is 6.42 Å². The van der Waals surface area contributed by atoms with Crippen molar-refractivity contribution in [3.05, 3.63) is 70.5 Å². The fourth-order valence-electron chi connectivity index (χ4n) is 2.94. The number of hydrogen-bond donors (Lipinski definition) is 1. The molecule has 2 aromatic rings. The average Bonchev–Trinajstić information content (AvgIpc) is 2.89. The molecule has 0 atom stereocenters. The minimum Gasteiger partial charge on any atom is -0.348 e. The van der Waals surface area contributed by atoms with E-state index >= 15 is 0 Å². The predicted molar refractivity (Wildman–Crippen MR) is 98.8 cm³/mol. The van der Waals surface area contributed by atoms with Crippen molar-refractivity contribution in [3.8, 4) is 0 Å². The molecule has 1 heterocycles. The Morgan fingerprint density at radius 1 is 1.07 bits per heavy atom. The number of fused-ring (bicyclic) bond motifs is 1. The van der Waals surface area contributed by atoms with Crippen molar-refractivity contribution in [2.24, 2.45) is 5.92 Å². The molecular formula is C21H21FN2O3. The zero-order valence-electron chi connectivity index (χ0n) is 15.3. The summed E-state index contributed by atoms with van der Waals surface area (Å²) in [6, 6.07) is 10.6. The molecule has 0 radical (unpaired) electrons. The Morgan fingerprint density at radius 3 is 2.48 bits per heavy atom. The molecular weight excluding hydrogens is 347 g/mol. The second-order valence-corrected chi connectivity index (χ2v) is 6.98. The number of amides is 3. The molecule has 1 aliphatic heterocycles. The van der Waals surface area contributed by atoms with Crippen LogP contribution in [0.5, 0.6) is 0 Å². The fraction of sp³-hybridized carbons (Fsp3) is 0.286. The van der Waals surface area contributed by atoms with E-state index in [1.807, 2.05) is 13.8 Å². The van der Waals surface area contributed by atoms with Crippen molar-refractivity contribution in [3.63, 3.8) is 0 Å². The zero-order valence-corrected chi connectivity index (χ0v) is 15.3. The summed E-state index contributed by atoms with van der Waals surface area (Å²) in [7, 11) is 0. The van der Waals surface area contributed by atoms with E-state index in [1.54, 1.807) is 18.2 Å². The molecule has 0 aliphatic carbocycles. The lowest BCUT2D eigenvalue weighted by Crippen LogP contribution is -2.31. The van der Waals surface area contributed by atoms with Crippen molar-refractivity contribution in [1.82, 2.24) is 10.2 Å². The van der Waals surface area contributed by atoms with E-state index in [9.17, 15) is 18.8 Å². The van der Waals surface area contributed by atoms with Crippen molar-refractivity contribution < 1.29 is 18.8 Å². The van der Waals surface area contributed by atoms with Gasteiger partial charge in [0.15, 0.2) is 0 Å². The lowest BCUT2D eigenvalue weighted by molar-refractivity contribution is 0.0647. The molecule has 1 aliphatic rings. The standard InChI is InChI=1S/C21H21FN2O3/c1-13(2)9-10-24-20(26)16-8-7-14(11-17(16)21(24)27)19(25)23-12-15-5-3-4-6-18(15)22/h3-8,11,13H,9-10,12H2,1-2H3,(H,23,25). The largest absolute Gasteiger partial charge is 0.348 e. The molecule has 2 aromatic carbocycles. The van der Waals surface area contributed by atoms with E-state index in [1.165, 1.54) is 29.2 Å². The SMILES string of the molecule is CC(C)CCN1C(=O)c2ccc(C(=O)NCc3ccccc3F)cc2C1=O. The number of hydrogen-bond acceptors (Lipinski definition) is 3. The third kappa shape index (κ3) is 3.89. The fourth-order valence-corrected chi connectivity index (χ4v) is 2.94. The van der Waals surface area contributed by atoms with Crippen molar-refractivity contribution >= 4 is 17.7 Å². The maximum Gasteiger partial charge on any atom is 0.261 e. The van der Waals surface area contributed by atoms with Crippen LogP contribution in [-0.2, 0) is 6.54 Å². The molecule has 0 saturated heterocycles. The Morgan fingerprint density at radius 2 is 1.78 bits per heavy atom. The van der Waals surface area contributed by atoms with Crippen LogP contribution in [-0.4, -0.2) is 29.2 Å². The average molecular weight is 368 g/mol. The van der Waals surface area contributed by atoms with Crippen LogP contribution >= 0.6 is 0 Å². The van der Waals surface area contributed by atoms with E-state index in [2.05, 4.69) is 5.32 Å². The van der Waals surface area contributed by atoms with Crippen LogP contribution in [0.25, 0.3) is 0 Å². The summed E-state index contributed by atoms with van der Waals surface area (Å²) in [4.78, 5) is 38.6. The van der Waals surface area contributed by atoms with E-state index < -0.39 is 11.7 Å². The van der Waals surface area contributed by atoms with Crippen LogP contribution in [0, 0.1) is 11.7 Å². The van der Waals surface area contributed by atoms with E-state index in [-0.39, 0.29) is 29.5 Å². The zero-order chi connectivity index (χ0) is 19.6. The smallest absolute Gasteiger partial charge is 0.261 e. The summed E-state index contributed by atoms with van der Waals surface area (Å²) < 4.78 is 13.7. The maximum absolute atomic E-state index is 13.7. The molecule has 3 rings (SSSR count). The van der Waals surface area contributed by atoms with Crippen molar-refractivity contribution in [1.29, 1.82) is 0 Å². The third-order valence-corrected chi connectivity index (χ3v) is 4.56. The molecule has 0 aromatic heterocycles. The van der Waals surface area contributed by atoms with Gasteiger partial charge in [-0.15, -0.1) is 0 Å². The Hall–Kier alpha value is -3.02. The van der Waals surface area contributed by atoms with Gasteiger partial charge in [0.2, 0.25) is 0 Å². The minimum absolute atomic E-state index is 0.0377. The van der Waals surface area contributed by atoms with Gasteiger partial charge in [0.25, 0.3) is 17.7 Å². The van der Waals surface area contributed by atoms with Crippen LogP contribution in [0.3, 0.4) is 0 Å². The predicted octanol–water partition coefficient (Wildman–Crippen LogP) is 3.40. The molecule has 140 valence electrons. The van der Waals surface area contributed by atoms with Gasteiger partial charge in [-0.2, -0.15) is 0 Å². The van der Waals surface area contributed by atoms with Crippen LogP contribution in [0.4, 0.5) is 4.39 Å². The summed E-state index contributed by atoms with van der Waals surface area (Å²) in [5, 5.41) is 2.64. The van der Waals surface area contributed by atoms with Crippen LogP contribution < -0.4 is 5.32 Å². The normalized spacial score (nSPS) is 13.3. The van der Waals surface area contributed by atoms with Gasteiger partial charge in [-0.05, 0) is 36.6 Å². The highest BCUT2D eigenvalue weighted by Crippen LogP contribution is 2.25. The number of benzene rings is 2. The van der Waals surface area contributed by atoms with Gasteiger partial charge in [0.1, 0.15) is 5.82 Å². The number of nitrogens with one attached hydrogen (secondary N) is 1. The first-order chi connectivity index (χ1) is 12.9. The number of rotatable bonds is 6. The molecule has 0 spiro atoms. The second-order valence-electron chi connectivity index (χ2n) is 6.98. The van der Waals surface area contributed by atoms with Gasteiger partial charge >= 0.3 is 0 Å². The van der Waals surface area contributed by atoms with Gasteiger partial charge in [-0.25, -0.2) is 4.39 Å². The highest BCUT2D eigenvalue weighted by Gasteiger charge is 2.35. The van der Waals surface area contributed by atoms with Crippen LogP contribution in [0.2, 0.25) is 0 Å². The lowest BCUT2D eigenvalue weighted by atomic mass is 10.1. The first-order valence-electron chi connectivity index (χ1n) is 8.90. The monoisotopic (exact) mass is 368 g/mol. The van der Waals surface area contributed by atoms with Gasteiger partial charge in [0.05, 0.1) is 11.1 Å². The molecule has 3 amide bonds. The van der Waals surface area contributed by atoms with Crippen LogP contribution in [0.15, 0.2) is 42.5 Å². The number of nitrogens with zero attached hydrogens (tertiary/aromatic N) is 1. The molecule has 0 bridgehead atoms. The highest BCUT2D eigenvalue weighted by atomic mass is 19.1. The van der Waals surface area contributed by atoms with Gasteiger partial charge in [-0.1, -0.05) is 32.0 Å². The second kappa shape index (κ2) is 7.70. The highest BCUT2D eigenvalue weighted by molar-refractivity contribution is 6.22. The summed E-state index contributed by atoms with van der Waals surface area (Å²) in [5.74, 6) is -1.15. The van der Waals surface area contributed by atoms with Crippen LogP contribution in [0.1, 0.15) is 56.9 Å². The minimum atomic E-state index is -0.429. The first-order valence-corrected chi connectivity index (χ1v) is 8.90. The number of carbonyl (C=O) groups is 3. The van der Waals surface area contributed by atoms with E-state index in [0.29, 0.717) is 23.6 Å². The molecule has 0 fully saturated rings. The Labute approximate surface area is 157 Å². The van der Waals surface area contributed by atoms with Gasteiger partial charge in [-0.3, -0.25) is 19.3 Å². The summed E-state index contributed by atoms with van der Waals surface area (Å²) in [6.45, 7) is 4.45. The summed E-state index contributed by atoms with van der Waals surface area (Å²) >= 11 is 0. The summed E-state index contributed by atoms with van der Waals surface area (Å²) in [6.07, 6.45) is 0.724. The van der Waals surface area contributed by atoms with Crippen molar-refractivity contribution in [2.45, 2.75) is 26.8 Å². The molecule has 27 heavy (non-hydrogen) atoms. The topological polar surface area (TPSA) is 66.5 Å². The van der Waals surface area contributed by atoms with E-state index in [4.69, 9.17) is 0 Å². The summed E-state index contributed by atoms with van der Waals surface area (Å²) in [5.41, 5.74) is 1.19. The molecule has 1 N–H and O–H groups in total. The van der Waals surface area contributed by atoms with Crippen molar-refractivity contribution in [2.75, 3.05) is 6.54 Å².